The molecule has 2 N–H and O–H groups in total. The molecule has 0 radical (unpaired) electrons. The molecule has 0 aromatic heterocycles. The predicted molar refractivity (Wildman–Crippen MR) is 91.3 cm³/mol. The summed E-state index contributed by atoms with van der Waals surface area (Å²) >= 11 is 1.08. The second kappa shape index (κ2) is 9.67. The van der Waals surface area contributed by atoms with Crippen molar-refractivity contribution in [3.63, 3.8) is 0 Å². The zero-order valence-corrected chi connectivity index (χ0v) is 15.1. The maximum absolute atomic E-state index is 12.7. The molecule has 0 aliphatic carbocycles. The van der Waals surface area contributed by atoms with Crippen LogP contribution in [0.25, 0.3) is 0 Å². The van der Waals surface area contributed by atoms with Gasteiger partial charge in [-0.05, 0) is 32.3 Å². The molecular weight excluding hydrogens is 355 g/mol. The minimum Gasteiger partial charge on any atom is -0.353 e. The highest BCUT2D eigenvalue weighted by atomic mass is 32.2. The lowest BCUT2D eigenvalue weighted by Crippen LogP contribution is -2.48. The molecule has 0 fully saturated rings. The lowest BCUT2D eigenvalue weighted by Gasteiger charge is -2.18. The largest absolute Gasteiger partial charge is 0.416 e. The highest BCUT2D eigenvalue weighted by molar-refractivity contribution is 7.99. The first kappa shape index (κ1) is 21.3. The van der Waals surface area contributed by atoms with E-state index in [1.807, 2.05) is 19.0 Å². The van der Waals surface area contributed by atoms with Crippen molar-refractivity contribution in [2.45, 2.75) is 24.0 Å². The van der Waals surface area contributed by atoms with Crippen LogP contribution < -0.4 is 10.6 Å². The smallest absolute Gasteiger partial charge is 0.353 e. The minimum absolute atomic E-state index is 0.134. The van der Waals surface area contributed by atoms with Gasteiger partial charge in [0.25, 0.3) is 0 Å². The van der Waals surface area contributed by atoms with Crippen LogP contribution in [0.15, 0.2) is 29.2 Å². The molecule has 5 nitrogen and oxygen atoms in total. The van der Waals surface area contributed by atoms with Crippen LogP contribution in [-0.2, 0) is 15.8 Å². The molecule has 0 spiro atoms. The Bertz CT molecular complexity index is 594. The van der Waals surface area contributed by atoms with Crippen molar-refractivity contribution in [2.24, 2.45) is 0 Å². The van der Waals surface area contributed by atoms with Crippen LogP contribution in [0.1, 0.15) is 12.5 Å². The summed E-state index contributed by atoms with van der Waals surface area (Å²) in [6, 6.07) is 4.05. The molecule has 2 amide bonds. The summed E-state index contributed by atoms with van der Waals surface area (Å²) in [5.74, 6) is -0.608. The second-order valence-corrected chi connectivity index (χ2v) is 6.78. The highest BCUT2D eigenvalue weighted by Crippen LogP contribution is 2.32. The molecule has 0 aliphatic heterocycles. The van der Waals surface area contributed by atoms with Gasteiger partial charge in [-0.1, -0.05) is 6.07 Å². The number of likely N-dealkylation sites (N-methyl/N-ethyl adjacent to an activating group) is 1. The molecular formula is C16H22F3N3O2S. The Morgan fingerprint density at radius 2 is 1.96 bits per heavy atom. The third-order valence-corrected chi connectivity index (χ3v) is 4.22. The Morgan fingerprint density at radius 3 is 2.52 bits per heavy atom. The molecule has 1 unspecified atom stereocenters. The molecule has 1 aromatic rings. The maximum atomic E-state index is 12.7. The van der Waals surface area contributed by atoms with Gasteiger partial charge in [-0.15, -0.1) is 11.8 Å². The molecule has 0 saturated heterocycles. The Kier molecular flexibility index (Phi) is 8.24. The summed E-state index contributed by atoms with van der Waals surface area (Å²) in [4.78, 5) is 25.7. The number of amides is 2. The Morgan fingerprint density at radius 1 is 1.28 bits per heavy atom. The fourth-order valence-electron chi connectivity index (χ4n) is 1.90. The van der Waals surface area contributed by atoms with Crippen molar-refractivity contribution in [3.05, 3.63) is 29.8 Å². The summed E-state index contributed by atoms with van der Waals surface area (Å²) in [7, 11) is 3.72. The molecule has 0 aliphatic rings. The number of hydrogen-bond acceptors (Lipinski definition) is 4. The van der Waals surface area contributed by atoms with Gasteiger partial charge < -0.3 is 15.5 Å². The summed E-state index contributed by atoms with van der Waals surface area (Å²) in [6.07, 6.45) is -4.42. The lowest BCUT2D eigenvalue weighted by molar-refractivity contribution is -0.137. The molecule has 1 rings (SSSR count). The van der Waals surface area contributed by atoms with Gasteiger partial charge in [0, 0.05) is 30.7 Å². The van der Waals surface area contributed by atoms with Gasteiger partial charge in [0.15, 0.2) is 0 Å². The van der Waals surface area contributed by atoms with Crippen LogP contribution in [0.4, 0.5) is 13.2 Å². The summed E-state index contributed by atoms with van der Waals surface area (Å²) in [6.45, 7) is 2.34. The van der Waals surface area contributed by atoms with E-state index in [1.165, 1.54) is 19.1 Å². The van der Waals surface area contributed by atoms with E-state index < -0.39 is 17.8 Å². The zero-order chi connectivity index (χ0) is 19.0. The first-order valence-corrected chi connectivity index (χ1v) is 8.57. The van der Waals surface area contributed by atoms with E-state index in [1.54, 1.807) is 0 Å². The van der Waals surface area contributed by atoms with Crippen LogP contribution in [0.5, 0.6) is 0 Å². The fourth-order valence-corrected chi connectivity index (χ4v) is 2.87. The molecule has 0 saturated carbocycles. The molecule has 1 aromatic carbocycles. The average molecular weight is 377 g/mol. The maximum Gasteiger partial charge on any atom is 0.416 e. The van der Waals surface area contributed by atoms with Crippen molar-refractivity contribution in [1.29, 1.82) is 0 Å². The third kappa shape index (κ3) is 8.26. The topological polar surface area (TPSA) is 61.4 Å². The van der Waals surface area contributed by atoms with Gasteiger partial charge in [-0.3, -0.25) is 9.59 Å². The van der Waals surface area contributed by atoms with Gasteiger partial charge in [0.2, 0.25) is 11.8 Å². The number of rotatable bonds is 8. The number of benzene rings is 1. The Balaban J connectivity index is 2.69. The quantitative estimate of drug-likeness (QED) is 0.680. The van der Waals surface area contributed by atoms with Crippen molar-refractivity contribution in [2.75, 3.05) is 32.9 Å². The van der Waals surface area contributed by atoms with Gasteiger partial charge in [0.05, 0.1) is 5.56 Å². The van der Waals surface area contributed by atoms with Gasteiger partial charge in [-0.2, -0.15) is 13.2 Å². The van der Waals surface area contributed by atoms with Gasteiger partial charge in [-0.25, -0.2) is 0 Å². The number of nitrogens with zero attached hydrogens (tertiary/aromatic N) is 1. The normalized spacial score (nSPS) is 12.8. The number of alkyl halides is 3. The summed E-state index contributed by atoms with van der Waals surface area (Å²) < 4.78 is 38.2. The molecule has 0 heterocycles. The number of thioether (sulfide) groups is 1. The Labute approximate surface area is 149 Å². The fraction of sp³-hybridized carbons (Fsp3) is 0.500. The van der Waals surface area contributed by atoms with Crippen LogP contribution in [0.3, 0.4) is 0 Å². The third-order valence-electron chi connectivity index (χ3n) is 3.13. The minimum atomic E-state index is -4.42. The van der Waals surface area contributed by atoms with Crippen molar-refractivity contribution in [3.8, 4) is 0 Å². The lowest BCUT2D eigenvalue weighted by atomic mass is 10.2. The first-order chi connectivity index (χ1) is 11.6. The van der Waals surface area contributed by atoms with Crippen LogP contribution in [-0.4, -0.2) is 55.7 Å². The molecule has 25 heavy (non-hydrogen) atoms. The van der Waals surface area contributed by atoms with E-state index >= 15 is 0 Å². The molecule has 140 valence electrons. The number of halogens is 3. The number of hydrogen-bond donors (Lipinski definition) is 2. The molecule has 1 atom stereocenters. The number of nitrogens with one attached hydrogen (secondary N) is 2. The Hall–Kier alpha value is -1.74. The van der Waals surface area contributed by atoms with Crippen molar-refractivity contribution >= 4 is 23.6 Å². The van der Waals surface area contributed by atoms with Gasteiger partial charge >= 0.3 is 6.18 Å². The van der Waals surface area contributed by atoms with Crippen LogP contribution >= 0.6 is 11.8 Å². The monoisotopic (exact) mass is 377 g/mol. The van der Waals surface area contributed by atoms with Gasteiger partial charge in [0.1, 0.15) is 6.04 Å². The van der Waals surface area contributed by atoms with E-state index in [9.17, 15) is 22.8 Å². The van der Waals surface area contributed by atoms with Crippen LogP contribution in [0.2, 0.25) is 0 Å². The highest BCUT2D eigenvalue weighted by Gasteiger charge is 2.30. The van der Waals surface area contributed by atoms with Crippen LogP contribution in [0, 0.1) is 0 Å². The van der Waals surface area contributed by atoms with Crippen molar-refractivity contribution in [1.82, 2.24) is 15.5 Å². The number of carbonyl (C=O) groups is 2. The summed E-state index contributed by atoms with van der Waals surface area (Å²) in [5, 5.41) is 5.23. The number of carbonyl (C=O) groups excluding carboxylic acids is 2. The standard InChI is InChI=1S/C16H22F3N3O2S/c1-11(23)21-14(15(24)20-7-8-22(2)3)10-25-13-6-4-5-12(9-13)16(17,18)19/h4-6,9,14H,7-8,10H2,1-3H3,(H,20,24)(H,21,23). The van der Waals surface area contributed by atoms with Crippen molar-refractivity contribution < 1.29 is 22.8 Å². The van der Waals surface area contributed by atoms with E-state index in [4.69, 9.17) is 0 Å². The molecule has 0 bridgehead atoms. The van der Waals surface area contributed by atoms with E-state index in [-0.39, 0.29) is 17.6 Å². The van der Waals surface area contributed by atoms with E-state index in [2.05, 4.69) is 10.6 Å². The SMILES string of the molecule is CC(=O)NC(CSc1cccc(C(F)(F)F)c1)C(=O)NCCN(C)C. The molecule has 9 heteroatoms. The van der Waals surface area contributed by atoms with E-state index in [0.29, 0.717) is 18.0 Å². The van der Waals surface area contributed by atoms with E-state index in [0.717, 1.165) is 23.9 Å². The predicted octanol–water partition coefficient (Wildman–Crippen LogP) is 1.98. The summed E-state index contributed by atoms with van der Waals surface area (Å²) in [5.41, 5.74) is -0.746. The zero-order valence-electron chi connectivity index (χ0n) is 14.3. The second-order valence-electron chi connectivity index (χ2n) is 5.68. The first-order valence-electron chi connectivity index (χ1n) is 7.59. The average Bonchev–Trinajstić information content (AvgIpc) is 2.50.